The van der Waals surface area contributed by atoms with E-state index in [0.717, 1.165) is 6.26 Å². The van der Waals surface area contributed by atoms with Crippen molar-refractivity contribution in [2.75, 3.05) is 25.6 Å². The van der Waals surface area contributed by atoms with Crippen molar-refractivity contribution >= 4 is 24.5 Å². The standard InChI is InChI=1S/C13H25O7PS/c1-6-12(10(3)4,8-20-22(5,17)18)13(9-21-16,11(14)15)19-7-2/h10H,6-9H2,1-5H3,(H,14,15). The van der Waals surface area contributed by atoms with E-state index in [2.05, 4.69) is 0 Å². The number of hydrogen-bond acceptors (Lipinski definition) is 6. The largest absolute Gasteiger partial charge is 0.479 e. The number of hydrogen-bond donors (Lipinski definition) is 1. The lowest BCUT2D eigenvalue weighted by Crippen LogP contribution is -2.62. The third kappa shape index (κ3) is 4.47. The van der Waals surface area contributed by atoms with E-state index in [9.17, 15) is 22.9 Å². The normalized spacial score (nSPS) is 18.1. The molecule has 0 rings (SSSR count). The van der Waals surface area contributed by atoms with Crippen molar-refractivity contribution in [1.29, 1.82) is 0 Å². The first-order valence-electron chi connectivity index (χ1n) is 7.03. The molecule has 0 radical (unpaired) electrons. The highest BCUT2D eigenvalue weighted by Gasteiger charge is 2.59. The second-order valence-electron chi connectivity index (χ2n) is 5.48. The van der Waals surface area contributed by atoms with Crippen LogP contribution in [0.25, 0.3) is 0 Å². The SMILES string of the molecule is CCOC(CP=O)(C(=O)O)C(CC)(COS(C)(=O)=O)C(C)C. The Kier molecular flexibility index (Phi) is 8.12. The summed E-state index contributed by atoms with van der Waals surface area (Å²) in [5.74, 6) is -1.55. The number of rotatable bonds is 11. The van der Waals surface area contributed by atoms with Gasteiger partial charge in [0.1, 0.15) is 0 Å². The minimum Gasteiger partial charge on any atom is -0.479 e. The molecule has 0 amide bonds. The molecule has 0 spiro atoms. The lowest BCUT2D eigenvalue weighted by Gasteiger charge is -2.48. The zero-order valence-corrected chi connectivity index (χ0v) is 15.4. The van der Waals surface area contributed by atoms with Crippen molar-refractivity contribution < 1.29 is 31.8 Å². The minimum atomic E-state index is -3.75. The minimum absolute atomic E-state index is 0.0924. The highest BCUT2D eigenvalue weighted by Crippen LogP contribution is 2.47. The van der Waals surface area contributed by atoms with E-state index in [-0.39, 0.29) is 33.8 Å². The molecule has 0 fully saturated rings. The van der Waals surface area contributed by atoms with Crippen LogP contribution in [0.3, 0.4) is 0 Å². The molecule has 0 aromatic carbocycles. The number of carboxylic acid groups (broad SMARTS) is 1. The van der Waals surface area contributed by atoms with E-state index in [0.29, 0.717) is 6.42 Å². The first kappa shape index (κ1) is 21.4. The Labute approximate surface area is 133 Å². The molecular formula is C13H25O7PS. The molecule has 0 bridgehead atoms. The maximum Gasteiger partial charge on any atom is 0.337 e. The zero-order chi connectivity index (χ0) is 17.6. The maximum absolute atomic E-state index is 12.0. The molecule has 0 aliphatic carbocycles. The molecule has 22 heavy (non-hydrogen) atoms. The van der Waals surface area contributed by atoms with Crippen LogP contribution in [0, 0.1) is 11.3 Å². The smallest absolute Gasteiger partial charge is 0.337 e. The summed E-state index contributed by atoms with van der Waals surface area (Å²) in [6.45, 7) is 6.67. The van der Waals surface area contributed by atoms with Gasteiger partial charge in [0, 0.05) is 12.0 Å². The second-order valence-corrected chi connectivity index (χ2v) is 7.70. The van der Waals surface area contributed by atoms with Gasteiger partial charge in [0.05, 0.1) is 19.0 Å². The average molecular weight is 356 g/mol. The molecule has 1 N–H and O–H groups in total. The van der Waals surface area contributed by atoms with Crippen LogP contribution < -0.4 is 0 Å². The molecule has 2 unspecified atom stereocenters. The van der Waals surface area contributed by atoms with Gasteiger partial charge in [-0.3, -0.25) is 8.75 Å². The van der Waals surface area contributed by atoms with E-state index < -0.39 is 27.1 Å². The van der Waals surface area contributed by atoms with Gasteiger partial charge in [-0.05, 0) is 19.3 Å². The lowest BCUT2D eigenvalue weighted by atomic mass is 9.64. The highest BCUT2D eigenvalue weighted by atomic mass is 32.2. The zero-order valence-electron chi connectivity index (χ0n) is 13.7. The molecule has 0 saturated carbocycles. The number of carboxylic acids is 1. The maximum atomic E-state index is 12.0. The van der Waals surface area contributed by atoms with Crippen LogP contribution in [0.15, 0.2) is 0 Å². The molecule has 7 nitrogen and oxygen atoms in total. The van der Waals surface area contributed by atoms with E-state index in [1.54, 1.807) is 27.7 Å². The van der Waals surface area contributed by atoms with Gasteiger partial charge >= 0.3 is 5.97 Å². The summed E-state index contributed by atoms with van der Waals surface area (Å²) in [5, 5.41) is 9.76. The molecule has 0 saturated heterocycles. The topological polar surface area (TPSA) is 107 Å². The lowest BCUT2D eigenvalue weighted by molar-refractivity contribution is -0.195. The Morgan fingerprint density at radius 1 is 1.32 bits per heavy atom. The van der Waals surface area contributed by atoms with Crippen LogP contribution in [-0.4, -0.2) is 50.7 Å². The van der Waals surface area contributed by atoms with Gasteiger partial charge in [-0.2, -0.15) is 8.42 Å². The summed E-state index contributed by atoms with van der Waals surface area (Å²) in [4.78, 5) is 12.0. The van der Waals surface area contributed by atoms with Crippen molar-refractivity contribution in [3.05, 3.63) is 0 Å². The van der Waals surface area contributed by atoms with Crippen molar-refractivity contribution in [2.24, 2.45) is 11.3 Å². The van der Waals surface area contributed by atoms with Gasteiger partial charge in [-0.25, -0.2) is 4.79 Å². The third-order valence-electron chi connectivity index (χ3n) is 4.09. The Hall–Kier alpha value is -0.560. The van der Waals surface area contributed by atoms with Crippen LogP contribution in [-0.2, 0) is 28.4 Å². The summed E-state index contributed by atoms with van der Waals surface area (Å²) in [7, 11) is -4.14. The van der Waals surface area contributed by atoms with Crippen LogP contribution >= 0.6 is 8.46 Å². The number of aliphatic carboxylic acids is 1. The fourth-order valence-electron chi connectivity index (χ4n) is 2.78. The summed E-state index contributed by atoms with van der Waals surface area (Å²) in [6, 6.07) is 0. The molecule has 0 aromatic rings. The predicted octanol–water partition coefficient (Wildman–Crippen LogP) is 2.17. The van der Waals surface area contributed by atoms with Gasteiger partial charge in [-0.1, -0.05) is 20.8 Å². The number of ether oxygens (including phenoxy) is 1. The molecule has 0 aliphatic rings. The van der Waals surface area contributed by atoms with Crippen molar-refractivity contribution in [3.63, 3.8) is 0 Å². The van der Waals surface area contributed by atoms with Crippen LogP contribution in [0.5, 0.6) is 0 Å². The van der Waals surface area contributed by atoms with Gasteiger partial charge in [0.25, 0.3) is 10.1 Å². The molecular weight excluding hydrogens is 331 g/mol. The first-order chi connectivity index (χ1) is 10.0. The van der Waals surface area contributed by atoms with Crippen LogP contribution in [0.4, 0.5) is 0 Å². The van der Waals surface area contributed by atoms with Gasteiger partial charge in [-0.15, -0.1) is 0 Å². The second kappa shape index (κ2) is 8.34. The Morgan fingerprint density at radius 3 is 2.14 bits per heavy atom. The number of carbonyl (C=O) groups is 1. The van der Waals surface area contributed by atoms with E-state index in [1.165, 1.54) is 0 Å². The first-order valence-corrected chi connectivity index (χ1v) is 9.85. The van der Waals surface area contributed by atoms with E-state index in [1.807, 2.05) is 0 Å². The highest BCUT2D eigenvalue weighted by molar-refractivity contribution is 7.85. The quantitative estimate of drug-likeness (QED) is 0.446. The van der Waals surface area contributed by atoms with Crippen molar-refractivity contribution in [3.8, 4) is 0 Å². The summed E-state index contributed by atoms with van der Waals surface area (Å²) in [5.41, 5.74) is -2.94. The van der Waals surface area contributed by atoms with E-state index >= 15 is 0 Å². The monoisotopic (exact) mass is 356 g/mol. The fraction of sp³-hybridized carbons (Fsp3) is 0.923. The van der Waals surface area contributed by atoms with Crippen molar-refractivity contribution in [1.82, 2.24) is 0 Å². The molecule has 0 aromatic heterocycles. The predicted molar refractivity (Wildman–Crippen MR) is 82.8 cm³/mol. The summed E-state index contributed by atoms with van der Waals surface area (Å²) in [6.07, 6.45) is 0.917. The Morgan fingerprint density at radius 2 is 1.86 bits per heavy atom. The Bertz CT molecular complexity index is 491. The molecule has 130 valence electrons. The summed E-state index contributed by atoms with van der Waals surface area (Å²) < 4.78 is 44.3. The van der Waals surface area contributed by atoms with E-state index in [4.69, 9.17) is 8.92 Å². The van der Waals surface area contributed by atoms with Gasteiger partial charge in [0.15, 0.2) is 14.1 Å². The Balaban J connectivity index is 6.15. The van der Waals surface area contributed by atoms with Crippen LogP contribution in [0.2, 0.25) is 0 Å². The fourth-order valence-corrected chi connectivity index (χ4v) is 3.93. The molecule has 9 heteroatoms. The molecule has 0 heterocycles. The third-order valence-corrected chi connectivity index (χ3v) is 5.21. The molecule has 2 atom stereocenters. The van der Waals surface area contributed by atoms with Crippen LogP contribution in [0.1, 0.15) is 34.1 Å². The average Bonchev–Trinajstić information content (AvgIpc) is 2.38. The van der Waals surface area contributed by atoms with Gasteiger partial charge < -0.3 is 9.84 Å². The van der Waals surface area contributed by atoms with Crippen molar-refractivity contribution in [2.45, 2.75) is 39.7 Å². The van der Waals surface area contributed by atoms with Gasteiger partial charge in [0.2, 0.25) is 0 Å². The summed E-state index contributed by atoms with van der Waals surface area (Å²) >= 11 is 0. The molecule has 0 aliphatic heterocycles.